The average Bonchev–Trinajstić information content (AvgIpc) is 3.02. The fraction of sp³-hybridized carbons (Fsp3) is 0.536. The number of sulfonamides is 1. The quantitative estimate of drug-likeness (QED) is 0.562. The molecule has 7 heteroatoms. The van der Waals surface area contributed by atoms with Gasteiger partial charge in [-0.1, -0.05) is 53.7 Å². The number of hydrogen-bond acceptors (Lipinski definition) is 4. The van der Waals surface area contributed by atoms with Crippen molar-refractivity contribution in [1.29, 1.82) is 0 Å². The minimum absolute atomic E-state index is 0.00404. The number of carbonyl (C=O) groups excluding carboxylic acids is 1. The molecule has 35 heavy (non-hydrogen) atoms. The van der Waals surface area contributed by atoms with E-state index in [1.807, 2.05) is 18.2 Å². The highest BCUT2D eigenvalue weighted by molar-refractivity contribution is 7.89. The molecule has 2 aliphatic rings. The first-order valence-electron chi connectivity index (χ1n) is 12.3. The number of methoxy groups -OCH3 is 1. The third kappa shape index (κ3) is 5.12. The maximum absolute atomic E-state index is 13.7. The summed E-state index contributed by atoms with van der Waals surface area (Å²) in [5, 5.41) is 2.92. The Morgan fingerprint density at radius 2 is 1.80 bits per heavy atom. The van der Waals surface area contributed by atoms with E-state index in [1.54, 1.807) is 29.6 Å². The zero-order valence-corrected chi connectivity index (χ0v) is 22.8. The first-order chi connectivity index (χ1) is 16.1. The average molecular weight is 499 g/mol. The van der Waals surface area contributed by atoms with Crippen LogP contribution in [0, 0.1) is 10.8 Å². The molecule has 1 saturated carbocycles. The SMILES string of the molecule is COc1ccc(C(C)(C)C)cc1NC(=O)c1cccc(S(=O)(=O)N2C[C@@]3(C)C[C@@H]2CC(C)(C)C3)c1. The normalized spacial score (nSPS) is 24.3. The van der Waals surface area contributed by atoms with Gasteiger partial charge in [-0.2, -0.15) is 4.31 Å². The van der Waals surface area contributed by atoms with Crippen LogP contribution in [0.25, 0.3) is 0 Å². The van der Waals surface area contributed by atoms with Crippen LogP contribution in [0.1, 0.15) is 76.7 Å². The molecule has 0 spiro atoms. The topological polar surface area (TPSA) is 75.7 Å². The molecule has 0 aromatic heterocycles. The standard InChI is InChI=1S/C28H38N2O4S/c1-26(2,3)20-11-12-24(34-7)23(14-20)29-25(31)19-9-8-10-22(13-19)35(32,33)30-18-28(6)16-21(30)15-27(4,5)17-28/h8-14,21H,15-18H2,1-7H3,(H,29,31)/t21-,28-/m0/s1. The Bertz CT molecular complexity index is 1250. The summed E-state index contributed by atoms with van der Waals surface area (Å²) >= 11 is 0. The molecule has 0 radical (unpaired) electrons. The van der Waals surface area contributed by atoms with Crippen LogP contribution in [-0.2, 0) is 15.4 Å². The smallest absolute Gasteiger partial charge is 0.255 e. The lowest BCUT2D eigenvalue weighted by Gasteiger charge is -2.39. The second kappa shape index (κ2) is 8.63. The van der Waals surface area contributed by atoms with E-state index in [0.717, 1.165) is 24.8 Å². The van der Waals surface area contributed by atoms with Crippen LogP contribution in [0.3, 0.4) is 0 Å². The molecule has 2 fully saturated rings. The molecule has 4 rings (SSSR count). The molecule has 2 atom stereocenters. The Morgan fingerprint density at radius 1 is 1.09 bits per heavy atom. The summed E-state index contributed by atoms with van der Waals surface area (Å²) in [5.41, 5.74) is 1.91. The van der Waals surface area contributed by atoms with Gasteiger partial charge in [0.05, 0.1) is 17.7 Å². The van der Waals surface area contributed by atoms with Crippen molar-refractivity contribution >= 4 is 21.6 Å². The van der Waals surface area contributed by atoms with Crippen molar-refractivity contribution in [2.45, 2.75) is 77.2 Å². The minimum Gasteiger partial charge on any atom is -0.495 e. The molecular weight excluding hydrogens is 460 g/mol. The lowest BCUT2D eigenvalue weighted by molar-refractivity contribution is 0.102. The van der Waals surface area contributed by atoms with E-state index in [4.69, 9.17) is 4.74 Å². The summed E-state index contributed by atoms with van der Waals surface area (Å²) < 4.78 is 34.5. The summed E-state index contributed by atoms with van der Waals surface area (Å²) in [4.78, 5) is 13.3. The molecule has 2 aromatic rings. The summed E-state index contributed by atoms with van der Waals surface area (Å²) in [6.07, 6.45) is 2.76. The highest BCUT2D eigenvalue weighted by atomic mass is 32.2. The van der Waals surface area contributed by atoms with Gasteiger partial charge in [-0.25, -0.2) is 8.42 Å². The maximum Gasteiger partial charge on any atom is 0.255 e. The van der Waals surface area contributed by atoms with Gasteiger partial charge < -0.3 is 10.1 Å². The van der Waals surface area contributed by atoms with Gasteiger partial charge in [-0.15, -0.1) is 0 Å². The molecule has 2 aromatic carbocycles. The molecule has 1 aliphatic carbocycles. The number of ether oxygens (including phenoxy) is 1. The van der Waals surface area contributed by atoms with Crippen LogP contribution in [0.4, 0.5) is 5.69 Å². The number of nitrogens with zero attached hydrogens (tertiary/aromatic N) is 1. The monoisotopic (exact) mass is 498 g/mol. The van der Waals surface area contributed by atoms with E-state index in [-0.39, 0.29) is 33.1 Å². The fourth-order valence-electron chi connectivity index (χ4n) is 6.09. The molecule has 0 unspecified atom stereocenters. The van der Waals surface area contributed by atoms with Crippen LogP contribution in [-0.4, -0.2) is 38.3 Å². The highest BCUT2D eigenvalue weighted by Gasteiger charge is 2.53. The number of anilines is 1. The van der Waals surface area contributed by atoms with Gasteiger partial charge in [0.1, 0.15) is 5.75 Å². The zero-order chi connectivity index (χ0) is 25.8. The molecule has 190 valence electrons. The number of benzene rings is 2. The molecule has 1 amide bonds. The van der Waals surface area contributed by atoms with Crippen LogP contribution in [0.15, 0.2) is 47.4 Å². The van der Waals surface area contributed by atoms with Gasteiger partial charge in [0.2, 0.25) is 10.0 Å². The number of amides is 1. The van der Waals surface area contributed by atoms with Crippen molar-refractivity contribution in [2.24, 2.45) is 10.8 Å². The number of nitrogens with one attached hydrogen (secondary N) is 1. The highest BCUT2D eigenvalue weighted by Crippen LogP contribution is 2.53. The molecular formula is C28H38N2O4S. The number of carbonyl (C=O) groups is 1. The Balaban J connectivity index is 1.61. The van der Waals surface area contributed by atoms with Crippen LogP contribution >= 0.6 is 0 Å². The Labute approximate surface area is 210 Å². The van der Waals surface area contributed by atoms with E-state index in [2.05, 4.69) is 46.9 Å². The third-order valence-corrected chi connectivity index (χ3v) is 9.28. The molecule has 1 aliphatic heterocycles. The van der Waals surface area contributed by atoms with Gasteiger partial charge >= 0.3 is 0 Å². The molecule has 1 N–H and O–H groups in total. The zero-order valence-electron chi connectivity index (χ0n) is 21.9. The third-order valence-electron chi connectivity index (χ3n) is 7.38. The summed E-state index contributed by atoms with van der Waals surface area (Å²) in [7, 11) is -2.16. The van der Waals surface area contributed by atoms with Crippen molar-refractivity contribution in [2.75, 3.05) is 19.0 Å². The van der Waals surface area contributed by atoms with E-state index in [0.29, 0.717) is 23.5 Å². The van der Waals surface area contributed by atoms with Gasteiger partial charge in [0.25, 0.3) is 5.91 Å². The maximum atomic E-state index is 13.7. The minimum atomic E-state index is -3.72. The summed E-state index contributed by atoms with van der Waals surface area (Å²) in [5.74, 6) is 0.176. The Hall–Kier alpha value is -2.38. The van der Waals surface area contributed by atoms with Gasteiger partial charge in [-0.05, 0) is 71.4 Å². The second-order valence-electron chi connectivity index (χ2n) is 12.4. The van der Waals surface area contributed by atoms with E-state index in [9.17, 15) is 13.2 Å². The Kier molecular flexibility index (Phi) is 6.34. The van der Waals surface area contributed by atoms with E-state index < -0.39 is 10.0 Å². The largest absolute Gasteiger partial charge is 0.495 e. The first-order valence-corrected chi connectivity index (χ1v) is 13.7. The molecule has 6 nitrogen and oxygen atoms in total. The van der Waals surface area contributed by atoms with Gasteiger partial charge in [0.15, 0.2) is 0 Å². The Morgan fingerprint density at radius 3 is 2.46 bits per heavy atom. The number of hydrogen-bond donors (Lipinski definition) is 1. The molecule has 1 saturated heterocycles. The van der Waals surface area contributed by atoms with E-state index >= 15 is 0 Å². The lowest BCUT2D eigenvalue weighted by Crippen LogP contribution is -2.37. The molecule has 2 bridgehead atoms. The van der Waals surface area contributed by atoms with Gasteiger partial charge in [-0.3, -0.25) is 4.79 Å². The predicted molar refractivity (Wildman–Crippen MR) is 140 cm³/mol. The predicted octanol–water partition coefficient (Wildman–Crippen LogP) is 5.83. The molecule has 1 heterocycles. The number of fused-ring (bicyclic) bond motifs is 2. The lowest BCUT2D eigenvalue weighted by atomic mass is 9.65. The number of rotatable bonds is 5. The van der Waals surface area contributed by atoms with Crippen molar-refractivity contribution in [3.05, 3.63) is 53.6 Å². The summed E-state index contributed by atoms with van der Waals surface area (Å²) in [6.45, 7) is 13.5. The van der Waals surface area contributed by atoms with Crippen molar-refractivity contribution in [3.63, 3.8) is 0 Å². The van der Waals surface area contributed by atoms with E-state index in [1.165, 1.54) is 6.07 Å². The second-order valence-corrected chi connectivity index (χ2v) is 14.3. The van der Waals surface area contributed by atoms with Gasteiger partial charge in [0, 0.05) is 18.2 Å². The summed E-state index contributed by atoms with van der Waals surface area (Å²) in [6, 6.07) is 12.1. The van der Waals surface area contributed by atoms with Crippen LogP contribution in [0.2, 0.25) is 0 Å². The van der Waals surface area contributed by atoms with Crippen molar-refractivity contribution in [1.82, 2.24) is 4.31 Å². The fourth-order valence-corrected chi connectivity index (χ4v) is 7.91. The van der Waals surface area contributed by atoms with Crippen molar-refractivity contribution in [3.8, 4) is 5.75 Å². The van der Waals surface area contributed by atoms with Crippen LogP contribution in [0.5, 0.6) is 5.75 Å². The van der Waals surface area contributed by atoms with Crippen LogP contribution < -0.4 is 10.1 Å². The van der Waals surface area contributed by atoms with Crippen molar-refractivity contribution < 1.29 is 17.9 Å². The first kappa shape index (κ1) is 25.7.